The monoisotopic (exact) mass is 534 g/mol. The highest BCUT2D eigenvalue weighted by Gasteiger charge is 2.43. The van der Waals surface area contributed by atoms with Crippen molar-refractivity contribution >= 4 is 23.6 Å². The van der Waals surface area contributed by atoms with E-state index < -0.39 is 6.04 Å². The molecule has 1 N–H and O–H groups in total. The molecule has 1 fully saturated rings. The number of amides is 2. The van der Waals surface area contributed by atoms with Crippen molar-refractivity contribution in [1.82, 2.24) is 10.2 Å². The van der Waals surface area contributed by atoms with E-state index in [0.717, 1.165) is 22.3 Å². The van der Waals surface area contributed by atoms with Crippen molar-refractivity contribution in [3.05, 3.63) is 143 Å². The van der Waals surface area contributed by atoms with Gasteiger partial charge in [-0.3, -0.25) is 9.59 Å². The third-order valence-electron chi connectivity index (χ3n) is 7.17. The molecule has 0 aliphatic carbocycles. The van der Waals surface area contributed by atoms with Crippen LogP contribution in [0.2, 0.25) is 0 Å². The predicted octanol–water partition coefficient (Wildman–Crippen LogP) is 7.15. The molecule has 2 amide bonds. The van der Waals surface area contributed by atoms with E-state index in [4.69, 9.17) is 0 Å². The summed E-state index contributed by atoms with van der Waals surface area (Å²) in [6.45, 7) is 6.47. The molecule has 0 radical (unpaired) electrons. The molecule has 1 aliphatic rings. The predicted molar refractivity (Wildman–Crippen MR) is 160 cm³/mol. The summed E-state index contributed by atoms with van der Waals surface area (Å²) in [5, 5.41) is 3.04. The highest BCUT2D eigenvalue weighted by atomic mass is 32.2. The van der Waals surface area contributed by atoms with Crippen LogP contribution in [0.4, 0.5) is 0 Å². The van der Waals surface area contributed by atoms with Gasteiger partial charge in [-0.15, -0.1) is 11.8 Å². The molecule has 5 rings (SSSR count). The van der Waals surface area contributed by atoms with Crippen molar-refractivity contribution in [3.63, 3.8) is 0 Å². The minimum atomic E-state index is -0.607. The van der Waals surface area contributed by atoms with E-state index >= 15 is 0 Å². The standard InChI is InChI=1S/C34H34N2O2S/c1-34(2,3)28-21-19-26(20-22-28)32(38)36-29(23-39-33(36)27-17-11-6-12-18-27)31(37)35-30(24-13-7-4-8-14-24)25-15-9-5-10-16-25/h4-22,29-30,33H,23H2,1-3H3,(H,35,37). The maximum absolute atomic E-state index is 14.1. The van der Waals surface area contributed by atoms with Gasteiger partial charge in [-0.2, -0.15) is 0 Å². The number of nitrogens with one attached hydrogen (secondary N) is 1. The second kappa shape index (κ2) is 11.5. The minimum Gasteiger partial charge on any atom is -0.343 e. The number of hydrogen-bond donors (Lipinski definition) is 1. The van der Waals surface area contributed by atoms with Gasteiger partial charge in [0.25, 0.3) is 5.91 Å². The second-order valence-corrected chi connectivity index (χ2v) is 12.0. The first-order valence-corrected chi connectivity index (χ1v) is 14.4. The lowest BCUT2D eigenvalue weighted by Gasteiger charge is -2.31. The van der Waals surface area contributed by atoms with Crippen LogP contribution in [-0.2, 0) is 10.2 Å². The van der Waals surface area contributed by atoms with Gasteiger partial charge in [0.2, 0.25) is 5.91 Å². The molecule has 5 heteroatoms. The highest BCUT2D eigenvalue weighted by Crippen LogP contribution is 2.42. The van der Waals surface area contributed by atoms with Crippen LogP contribution in [0.15, 0.2) is 115 Å². The Morgan fingerprint density at radius 1 is 0.769 bits per heavy atom. The third kappa shape index (κ3) is 5.94. The number of thioether (sulfide) groups is 1. The SMILES string of the molecule is CC(C)(C)c1ccc(C(=O)N2C(C(=O)NC(c3ccccc3)c3ccccc3)CSC2c2ccccc2)cc1. The van der Waals surface area contributed by atoms with Crippen LogP contribution in [0, 0.1) is 0 Å². The minimum absolute atomic E-state index is 0.00996. The third-order valence-corrected chi connectivity index (χ3v) is 8.50. The maximum atomic E-state index is 14.1. The molecule has 0 saturated carbocycles. The van der Waals surface area contributed by atoms with E-state index in [9.17, 15) is 9.59 Å². The average Bonchev–Trinajstić information content (AvgIpc) is 3.42. The summed E-state index contributed by atoms with van der Waals surface area (Å²) < 4.78 is 0. The van der Waals surface area contributed by atoms with Crippen LogP contribution in [0.3, 0.4) is 0 Å². The van der Waals surface area contributed by atoms with E-state index in [0.29, 0.717) is 11.3 Å². The summed E-state index contributed by atoms with van der Waals surface area (Å²) in [6.07, 6.45) is 0. The molecule has 2 unspecified atom stereocenters. The lowest BCUT2D eigenvalue weighted by Crippen LogP contribution is -2.49. The summed E-state index contributed by atoms with van der Waals surface area (Å²) in [4.78, 5) is 29.8. The fourth-order valence-corrected chi connectivity index (χ4v) is 6.41. The number of carbonyl (C=O) groups excluding carboxylic acids is 2. The fourth-order valence-electron chi connectivity index (χ4n) is 4.98. The molecule has 1 saturated heterocycles. The number of carbonyl (C=O) groups is 2. The summed E-state index contributed by atoms with van der Waals surface area (Å²) in [5.74, 6) is 0.233. The summed E-state index contributed by atoms with van der Waals surface area (Å²) in [7, 11) is 0. The van der Waals surface area contributed by atoms with E-state index in [-0.39, 0.29) is 28.6 Å². The molecule has 4 aromatic carbocycles. The zero-order valence-electron chi connectivity index (χ0n) is 22.6. The van der Waals surface area contributed by atoms with Gasteiger partial charge in [-0.25, -0.2) is 0 Å². The molecular weight excluding hydrogens is 500 g/mol. The highest BCUT2D eigenvalue weighted by molar-refractivity contribution is 7.99. The smallest absolute Gasteiger partial charge is 0.255 e. The molecule has 0 bridgehead atoms. The van der Waals surface area contributed by atoms with Gasteiger partial charge in [0.15, 0.2) is 0 Å². The second-order valence-electron chi connectivity index (χ2n) is 10.9. The normalized spacial score (nSPS) is 17.3. The Bertz CT molecular complexity index is 1360. The Kier molecular flexibility index (Phi) is 7.89. The van der Waals surface area contributed by atoms with Crippen molar-refractivity contribution in [2.75, 3.05) is 5.75 Å². The first kappa shape index (κ1) is 26.8. The Labute approximate surface area is 235 Å². The molecule has 0 spiro atoms. The molecule has 0 aromatic heterocycles. The summed E-state index contributed by atoms with van der Waals surface area (Å²) >= 11 is 1.63. The Hall–Kier alpha value is -3.83. The lowest BCUT2D eigenvalue weighted by molar-refractivity contribution is -0.125. The first-order valence-electron chi connectivity index (χ1n) is 13.3. The molecule has 39 heavy (non-hydrogen) atoms. The van der Waals surface area contributed by atoms with Crippen molar-refractivity contribution < 1.29 is 9.59 Å². The van der Waals surface area contributed by atoms with Crippen molar-refractivity contribution in [3.8, 4) is 0 Å². The molecule has 1 aliphatic heterocycles. The van der Waals surface area contributed by atoms with Gasteiger partial charge >= 0.3 is 0 Å². The van der Waals surface area contributed by atoms with Crippen molar-refractivity contribution in [2.45, 2.75) is 43.6 Å². The van der Waals surface area contributed by atoms with Gasteiger partial charge in [0, 0.05) is 11.3 Å². The quantitative estimate of drug-likeness (QED) is 0.286. The molecule has 4 aromatic rings. The van der Waals surface area contributed by atoms with E-state index in [2.05, 4.69) is 26.1 Å². The van der Waals surface area contributed by atoms with E-state index in [1.165, 1.54) is 0 Å². The fraction of sp³-hybridized carbons (Fsp3) is 0.235. The molecule has 2 atom stereocenters. The Morgan fingerprint density at radius 3 is 1.79 bits per heavy atom. The van der Waals surface area contributed by atoms with E-state index in [1.54, 1.807) is 16.7 Å². The molecule has 198 valence electrons. The zero-order valence-corrected chi connectivity index (χ0v) is 23.4. The number of nitrogens with zero attached hydrogens (tertiary/aromatic N) is 1. The van der Waals surface area contributed by atoms with Crippen molar-refractivity contribution in [2.24, 2.45) is 0 Å². The van der Waals surface area contributed by atoms with E-state index in [1.807, 2.05) is 115 Å². The largest absolute Gasteiger partial charge is 0.343 e. The molecule has 4 nitrogen and oxygen atoms in total. The number of rotatable bonds is 6. The lowest BCUT2D eigenvalue weighted by atomic mass is 9.86. The Morgan fingerprint density at radius 2 is 1.28 bits per heavy atom. The van der Waals surface area contributed by atoms with Gasteiger partial charge in [-0.05, 0) is 39.8 Å². The maximum Gasteiger partial charge on any atom is 0.255 e. The number of hydrogen-bond acceptors (Lipinski definition) is 3. The van der Waals surface area contributed by atoms with Crippen LogP contribution in [0.25, 0.3) is 0 Å². The van der Waals surface area contributed by atoms with Gasteiger partial charge in [0.05, 0.1) is 6.04 Å². The van der Waals surface area contributed by atoms with Crippen LogP contribution in [0.5, 0.6) is 0 Å². The van der Waals surface area contributed by atoms with Crippen LogP contribution in [0.1, 0.15) is 64.8 Å². The van der Waals surface area contributed by atoms with Crippen molar-refractivity contribution in [1.29, 1.82) is 0 Å². The topological polar surface area (TPSA) is 49.4 Å². The van der Waals surface area contributed by atoms with Gasteiger partial charge < -0.3 is 10.2 Å². The average molecular weight is 535 g/mol. The van der Waals surface area contributed by atoms with Gasteiger partial charge in [0.1, 0.15) is 11.4 Å². The van der Waals surface area contributed by atoms with Crippen LogP contribution in [-0.4, -0.2) is 28.5 Å². The summed E-state index contributed by atoms with van der Waals surface area (Å²) in [5.41, 5.74) is 4.75. The first-order chi connectivity index (χ1) is 18.8. The van der Waals surface area contributed by atoms with Crippen LogP contribution < -0.4 is 5.32 Å². The molecular formula is C34H34N2O2S. The Balaban J connectivity index is 1.47. The van der Waals surface area contributed by atoms with Gasteiger partial charge in [-0.1, -0.05) is 124 Å². The van der Waals surface area contributed by atoms with Crippen LogP contribution >= 0.6 is 11.8 Å². The molecule has 1 heterocycles. The summed E-state index contributed by atoms with van der Waals surface area (Å²) in [6, 6.07) is 36.8. The zero-order chi connectivity index (χ0) is 27.4. The number of benzene rings is 4.